The van der Waals surface area contributed by atoms with Crippen molar-refractivity contribution in [2.75, 3.05) is 25.5 Å². The standard InChI is InChI=1S/C23H22N6S/c1-29-13-5-6-17(15-29)9-11-25-23-26-12-10-20(28-23)19(14-24)22-27-21(16-30-22)18-7-3-2-4-8-18/h2-8,10,12-13,16,27H,9,11,15H2,1H3,(H,25,26,28)/b22-19-. The molecule has 2 aromatic rings. The van der Waals surface area contributed by atoms with Gasteiger partial charge in [-0.2, -0.15) is 5.26 Å². The molecule has 7 heteroatoms. The minimum absolute atomic E-state index is 0.509. The monoisotopic (exact) mass is 414 g/mol. The number of thioether (sulfide) groups is 1. The van der Waals surface area contributed by atoms with Crippen molar-refractivity contribution in [3.63, 3.8) is 0 Å². The zero-order valence-corrected chi connectivity index (χ0v) is 17.5. The van der Waals surface area contributed by atoms with Crippen molar-refractivity contribution >= 4 is 29.0 Å². The first kappa shape index (κ1) is 19.8. The van der Waals surface area contributed by atoms with Gasteiger partial charge >= 0.3 is 0 Å². The lowest BCUT2D eigenvalue weighted by Crippen LogP contribution is -2.18. The first-order valence-corrected chi connectivity index (χ1v) is 10.6. The zero-order valence-electron chi connectivity index (χ0n) is 16.7. The molecule has 150 valence electrons. The third-order valence-electron chi connectivity index (χ3n) is 4.73. The van der Waals surface area contributed by atoms with Crippen LogP contribution in [-0.4, -0.2) is 35.0 Å². The molecular formula is C23H22N6S. The highest BCUT2D eigenvalue weighted by Gasteiger charge is 2.18. The van der Waals surface area contributed by atoms with E-state index in [1.54, 1.807) is 12.3 Å². The SMILES string of the molecule is CN1C=CC=C(CCNc2nccc(/C(C#N)=C3/NC(c4ccccc4)=CS3)n2)C1. The summed E-state index contributed by atoms with van der Waals surface area (Å²) in [5.41, 5.74) is 4.53. The molecule has 6 nitrogen and oxygen atoms in total. The highest BCUT2D eigenvalue weighted by molar-refractivity contribution is 8.06. The van der Waals surface area contributed by atoms with Crippen LogP contribution in [0.4, 0.5) is 5.95 Å². The van der Waals surface area contributed by atoms with Crippen LogP contribution in [0, 0.1) is 11.3 Å². The first-order chi connectivity index (χ1) is 14.7. The van der Waals surface area contributed by atoms with Gasteiger partial charge in [0, 0.05) is 31.7 Å². The molecule has 2 N–H and O–H groups in total. The molecule has 0 bridgehead atoms. The van der Waals surface area contributed by atoms with E-state index in [0.29, 0.717) is 17.2 Å². The Morgan fingerprint density at radius 3 is 2.97 bits per heavy atom. The number of nitrogens with one attached hydrogen (secondary N) is 2. The summed E-state index contributed by atoms with van der Waals surface area (Å²) in [6.07, 6.45) is 8.87. The van der Waals surface area contributed by atoms with Gasteiger partial charge in [0.2, 0.25) is 5.95 Å². The van der Waals surface area contributed by atoms with Crippen molar-refractivity contribution in [3.8, 4) is 6.07 Å². The Bertz CT molecular complexity index is 1080. The fourth-order valence-corrected chi connectivity index (χ4v) is 4.10. The average molecular weight is 415 g/mol. The van der Waals surface area contributed by atoms with Crippen molar-refractivity contribution in [3.05, 3.63) is 88.2 Å². The molecule has 0 aliphatic carbocycles. The molecule has 0 fully saturated rings. The summed E-state index contributed by atoms with van der Waals surface area (Å²) in [6.45, 7) is 1.67. The van der Waals surface area contributed by atoms with Crippen molar-refractivity contribution < 1.29 is 0 Å². The van der Waals surface area contributed by atoms with Gasteiger partial charge in [-0.25, -0.2) is 9.97 Å². The number of hydrogen-bond acceptors (Lipinski definition) is 7. The number of nitrogens with zero attached hydrogens (tertiary/aromatic N) is 4. The van der Waals surface area contributed by atoms with E-state index in [1.165, 1.54) is 17.3 Å². The highest BCUT2D eigenvalue weighted by atomic mass is 32.2. The van der Waals surface area contributed by atoms with Gasteiger partial charge in [-0.1, -0.05) is 48.2 Å². The van der Waals surface area contributed by atoms with E-state index >= 15 is 0 Å². The van der Waals surface area contributed by atoms with Crippen molar-refractivity contribution in [1.29, 1.82) is 5.26 Å². The Labute approximate surface area is 180 Å². The summed E-state index contributed by atoms with van der Waals surface area (Å²) >= 11 is 1.50. The van der Waals surface area contributed by atoms with Gasteiger partial charge < -0.3 is 15.5 Å². The summed E-state index contributed by atoms with van der Waals surface area (Å²) < 4.78 is 0. The zero-order chi connectivity index (χ0) is 20.8. The van der Waals surface area contributed by atoms with Crippen LogP contribution in [0.1, 0.15) is 17.7 Å². The maximum atomic E-state index is 9.77. The number of benzene rings is 1. The lowest BCUT2D eigenvalue weighted by molar-refractivity contribution is 0.484. The van der Waals surface area contributed by atoms with Crippen LogP contribution < -0.4 is 10.6 Å². The highest BCUT2D eigenvalue weighted by Crippen LogP contribution is 2.34. The molecule has 1 aromatic carbocycles. The minimum Gasteiger partial charge on any atom is -0.376 e. The van der Waals surface area contributed by atoms with Gasteiger partial charge in [-0.3, -0.25) is 0 Å². The minimum atomic E-state index is 0.509. The second-order valence-corrected chi connectivity index (χ2v) is 7.86. The second kappa shape index (κ2) is 9.33. The lowest BCUT2D eigenvalue weighted by atomic mass is 10.1. The lowest BCUT2D eigenvalue weighted by Gasteiger charge is -2.19. The predicted molar refractivity (Wildman–Crippen MR) is 123 cm³/mol. The Kier molecular flexibility index (Phi) is 6.16. The van der Waals surface area contributed by atoms with Crippen LogP contribution in [0.5, 0.6) is 0 Å². The first-order valence-electron chi connectivity index (χ1n) is 9.70. The molecule has 30 heavy (non-hydrogen) atoms. The molecular weight excluding hydrogens is 392 g/mol. The normalized spacial score (nSPS) is 17.0. The fraction of sp³-hybridized carbons (Fsp3) is 0.174. The maximum absolute atomic E-state index is 9.77. The van der Waals surface area contributed by atoms with Crippen LogP contribution in [0.3, 0.4) is 0 Å². The summed E-state index contributed by atoms with van der Waals surface area (Å²) in [5.74, 6) is 0.528. The average Bonchev–Trinajstić information content (AvgIpc) is 3.25. The summed E-state index contributed by atoms with van der Waals surface area (Å²) in [7, 11) is 2.06. The van der Waals surface area contributed by atoms with Crippen LogP contribution in [-0.2, 0) is 0 Å². The van der Waals surface area contributed by atoms with Gasteiger partial charge in [0.25, 0.3) is 0 Å². The third-order valence-corrected chi connectivity index (χ3v) is 5.63. The molecule has 3 heterocycles. The molecule has 0 radical (unpaired) electrons. The quantitative estimate of drug-likeness (QED) is 0.686. The van der Waals surface area contributed by atoms with Crippen LogP contribution in [0.25, 0.3) is 11.3 Å². The van der Waals surface area contributed by atoms with Crippen molar-refractivity contribution in [2.45, 2.75) is 6.42 Å². The summed E-state index contributed by atoms with van der Waals surface area (Å²) in [6, 6.07) is 14.1. The Morgan fingerprint density at radius 1 is 1.30 bits per heavy atom. The number of rotatable bonds is 6. The fourth-order valence-electron chi connectivity index (χ4n) is 3.23. The number of nitriles is 1. The largest absolute Gasteiger partial charge is 0.376 e. The molecule has 0 saturated heterocycles. The Balaban J connectivity index is 1.43. The molecule has 1 aromatic heterocycles. The number of allylic oxidation sites excluding steroid dienone is 3. The molecule has 0 saturated carbocycles. The number of aromatic nitrogens is 2. The Hall–Kier alpha value is -3.50. The van der Waals surface area contributed by atoms with Crippen LogP contribution in [0.2, 0.25) is 0 Å². The van der Waals surface area contributed by atoms with Crippen LogP contribution in [0.15, 0.2) is 77.0 Å². The summed E-state index contributed by atoms with van der Waals surface area (Å²) in [4.78, 5) is 11.0. The molecule has 2 aliphatic rings. The molecule has 0 atom stereocenters. The van der Waals surface area contributed by atoms with Gasteiger partial charge in [0.1, 0.15) is 11.6 Å². The van der Waals surface area contributed by atoms with Crippen molar-refractivity contribution in [2.24, 2.45) is 0 Å². The van der Waals surface area contributed by atoms with E-state index in [-0.39, 0.29) is 0 Å². The third kappa shape index (κ3) is 4.73. The number of hydrogen-bond donors (Lipinski definition) is 2. The maximum Gasteiger partial charge on any atom is 0.223 e. The van der Waals surface area contributed by atoms with Gasteiger partial charge in [-0.05, 0) is 35.9 Å². The topological polar surface area (TPSA) is 76.9 Å². The van der Waals surface area contributed by atoms with Gasteiger partial charge in [-0.15, -0.1) is 0 Å². The Morgan fingerprint density at radius 2 is 2.17 bits per heavy atom. The van der Waals surface area contributed by atoms with E-state index in [9.17, 15) is 5.26 Å². The smallest absolute Gasteiger partial charge is 0.223 e. The predicted octanol–water partition coefficient (Wildman–Crippen LogP) is 4.19. The van der Waals surface area contributed by atoms with Gasteiger partial charge in [0.05, 0.1) is 16.4 Å². The summed E-state index contributed by atoms with van der Waals surface area (Å²) in [5, 5.41) is 19.2. The van der Waals surface area contributed by atoms with Gasteiger partial charge in [0.15, 0.2) is 0 Å². The second-order valence-electron chi connectivity index (χ2n) is 6.98. The molecule has 0 amide bonds. The molecule has 0 spiro atoms. The molecule has 2 aliphatic heterocycles. The van der Waals surface area contributed by atoms with E-state index in [0.717, 1.165) is 35.8 Å². The van der Waals surface area contributed by atoms with E-state index < -0.39 is 0 Å². The van der Waals surface area contributed by atoms with Crippen molar-refractivity contribution in [1.82, 2.24) is 20.2 Å². The number of likely N-dealkylation sites (N-methyl/N-ethyl adjacent to an activating group) is 1. The van der Waals surface area contributed by atoms with Crippen LogP contribution >= 0.6 is 11.8 Å². The molecule has 0 unspecified atom stereocenters. The van der Waals surface area contributed by atoms with E-state index in [4.69, 9.17) is 0 Å². The molecule has 4 rings (SSSR count). The van der Waals surface area contributed by atoms with E-state index in [2.05, 4.69) is 57.0 Å². The number of anilines is 1. The van der Waals surface area contributed by atoms with E-state index in [1.807, 2.05) is 35.7 Å².